The van der Waals surface area contributed by atoms with Crippen LogP contribution in [0.15, 0.2) is 41.8 Å². The molecule has 2 aromatic carbocycles. The fourth-order valence-corrected chi connectivity index (χ4v) is 3.45. The quantitative estimate of drug-likeness (QED) is 0.824. The Hall–Kier alpha value is -2.60. The van der Waals surface area contributed by atoms with Crippen LogP contribution in [0, 0.1) is 20.8 Å². The summed E-state index contributed by atoms with van der Waals surface area (Å²) in [6, 6.07) is 10.1. The van der Waals surface area contributed by atoms with Crippen LogP contribution in [0.25, 0.3) is 6.08 Å². The first-order chi connectivity index (χ1) is 11.7. The molecule has 0 aliphatic rings. The molecule has 5 nitrogen and oxygen atoms in total. The number of hydrogen-bond acceptors (Lipinski definition) is 4. The molecule has 2 aromatic rings. The molecule has 0 atom stereocenters. The lowest BCUT2D eigenvalue weighted by Gasteiger charge is -2.08. The van der Waals surface area contributed by atoms with Crippen molar-refractivity contribution in [3.05, 3.63) is 69.6 Å². The molecule has 25 heavy (non-hydrogen) atoms. The van der Waals surface area contributed by atoms with Gasteiger partial charge in [0, 0.05) is 5.69 Å². The third kappa shape index (κ3) is 4.93. The van der Waals surface area contributed by atoms with Crippen LogP contribution >= 0.6 is 0 Å². The van der Waals surface area contributed by atoms with E-state index in [0.717, 1.165) is 27.7 Å². The Kier molecular flexibility index (Phi) is 5.64. The van der Waals surface area contributed by atoms with Crippen molar-refractivity contribution in [1.29, 1.82) is 0 Å². The zero-order chi connectivity index (χ0) is 18.6. The van der Waals surface area contributed by atoms with E-state index in [-0.39, 0.29) is 0 Å². The number of aryl methyl sites for hydroxylation is 3. The lowest BCUT2D eigenvalue weighted by atomic mass is 10.0. The summed E-state index contributed by atoms with van der Waals surface area (Å²) in [4.78, 5) is 11.4. The van der Waals surface area contributed by atoms with Crippen molar-refractivity contribution in [3.8, 4) is 0 Å². The number of carbonyl (C=O) groups is 1. The van der Waals surface area contributed by atoms with Crippen LogP contribution in [0.2, 0.25) is 0 Å². The zero-order valence-electron chi connectivity index (χ0n) is 14.7. The first-order valence-electron chi connectivity index (χ1n) is 7.69. The number of anilines is 1. The molecule has 6 heteroatoms. The van der Waals surface area contributed by atoms with E-state index in [1.807, 2.05) is 32.9 Å². The van der Waals surface area contributed by atoms with Crippen LogP contribution in [0.4, 0.5) is 5.69 Å². The Morgan fingerprint density at radius 2 is 1.60 bits per heavy atom. The van der Waals surface area contributed by atoms with Gasteiger partial charge in [0.05, 0.1) is 18.1 Å². The summed E-state index contributed by atoms with van der Waals surface area (Å²) in [6.07, 6.45) is 1.59. The molecule has 0 fully saturated rings. The van der Waals surface area contributed by atoms with E-state index in [2.05, 4.69) is 9.46 Å². The Morgan fingerprint density at radius 1 is 1.04 bits per heavy atom. The molecule has 0 spiro atoms. The molecule has 1 N–H and O–H groups in total. The van der Waals surface area contributed by atoms with Gasteiger partial charge in [-0.2, -0.15) is 0 Å². The molecule has 0 aromatic heterocycles. The summed E-state index contributed by atoms with van der Waals surface area (Å²) in [5.41, 5.74) is 4.79. The van der Waals surface area contributed by atoms with E-state index >= 15 is 0 Å². The number of benzene rings is 2. The normalized spacial score (nSPS) is 11.5. The number of carbonyl (C=O) groups excluding carboxylic acids is 1. The third-order valence-corrected chi connectivity index (χ3v) is 4.73. The molecule has 0 aliphatic heterocycles. The molecule has 0 unspecified atom stereocenters. The van der Waals surface area contributed by atoms with Gasteiger partial charge < -0.3 is 4.74 Å². The maximum absolute atomic E-state index is 12.2. The second kappa shape index (κ2) is 7.53. The van der Waals surface area contributed by atoms with Crippen LogP contribution < -0.4 is 4.72 Å². The number of hydrogen-bond donors (Lipinski definition) is 1. The van der Waals surface area contributed by atoms with Gasteiger partial charge in [0.25, 0.3) is 10.0 Å². The van der Waals surface area contributed by atoms with Gasteiger partial charge in [-0.1, -0.05) is 17.7 Å². The van der Waals surface area contributed by atoms with Crippen molar-refractivity contribution in [2.24, 2.45) is 0 Å². The van der Waals surface area contributed by atoms with Gasteiger partial charge in [-0.3, -0.25) is 4.72 Å². The maximum Gasteiger partial charge on any atom is 0.337 e. The largest absolute Gasteiger partial charge is 0.465 e. The predicted octanol–water partition coefficient (Wildman–Crippen LogP) is 3.81. The SMILES string of the molecule is COC(=O)c1ccc(NS(=O)(=O)/C=C/c2c(C)cc(C)cc2C)cc1. The van der Waals surface area contributed by atoms with E-state index in [1.54, 1.807) is 6.08 Å². The minimum Gasteiger partial charge on any atom is -0.465 e. The zero-order valence-corrected chi connectivity index (χ0v) is 15.5. The van der Waals surface area contributed by atoms with Gasteiger partial charge in [0.2, 0.25) is 0 Å². The van der Waals surface area contributed by atoms with Gasteiger partial charge in [0.15, 0.2) is 0 Å². The van der Waals surface area contributed by atoms with E-state index in [9.17, 15) is 13.2 Å². The van der Waals surface area contributed by atoms with Gasteiger partial charge in [0.1, 0.15) is 0 Å². The van der Waals surface area contributed by atoms with Crippen molar-refractivity contribution >= 4 is 27.8 Å². The summed E-state index contributed by atoms with van der Waals surface area (Å²) in [5.74, 6) is -0.473. The molecule has 0 aliphatic carbocycles. The molecule has 0 saturated carbocycles. The standard InChI is InChI=1S/C19H21NO4S/c1-13-11-14(2)18(15(3)12-13)9-10-25(22,23)20-17-7-5-16(6-8-17)19(21)24-4/h5-12,20H,1-4H3/b10-9+. The monoisotopic (exact) mass is 359 g/mol. The number of ether oxygens (including phenoxy) is 1. The fourth-order valence-electron chi connectivity index (χ4n) is 2.60. The fraction of sp³-hybridized carbons (Fsp3) is 0.211. The van der Waals surface area contributed by atoms with Crippen LogP contribution in [-0.4, -0.2) is 21.5 Å². The number of rotatable bonds is 5. The molecule has 0 radical (unpaired) electrons. The molecule has 0 bridgehead atoms. The smallest absolute Gasteiger partial charge is 0.337 e. The van der Waals surface area contributed by atoms with Crippen LogP contribution in [0.1, 0.15) is 32.6 Å². The Labute approximate surface area is 148 Å². The lowest BCUT2D eigenvalue weighted by molar-refractivity contribution is 0.0601. The van der Waals surface area contributed by atoms with E-state index < -0.39 is 16.0 Å². The summed E-state index contributed by atoms with van der Waals surface area (Å²) < 4.78 is 31.6. The van der Waals surface area contributed by atoms with Crippen LogP contribution in [0.3, 0.4) is 0 Å². The molecule has 0 heterocycles. The highest BCUT2D eigenvalue weighted by molar-refractivity contribution is 7.95. The summed E-state index contributed by atoms with van der Waals surface area (Å²) in [7, 11) is -2.37. The molecule has 0 saturated heterocycles. The molecular formula is C19H21NO4S. The highest BCUT2D eigenvalue weighted by atomic mass is 32.2. The summed E-state index contributed by atoms with van der Waals surface area (Å²) in [6.45, 7) is 5.90. The third-order valence-electron chi connectivity index (χ3n) is 3.72. The maximum atomic E-state index is 12.2. The van der Waals surface area contributed by atoms with E-state index in [1.165, 1.54) is 31.4 Å². The van der Waals surface area contributed by atoms with E-state index in [4.69, 9.17) is 0 Å². The van der Waals surface area contributed by atoms with Crippen molar-refractivity contribution in [2.45, 2.75) is 20.8 Å². The van der Waals surface area contributed by atoms with Crippen molar-refractivity contribution < 1.29 is 17.9 Å². The highest BCUT2D eigenvalue weighted by Crippen LogP contribution is 2.19. The minimum atomic E-state index is -3.66. The highest BCUT2D eigenvalue weighted by Gasteiger charge is 2.09. The van der Waals surface area contributed by atoms with Gasteiger partial charge in [-0.05, 0) is 67.8 Å². The molecule has 0 amide bonds. The van der Waals surface area contributed by atoms with E-state index in [0.29, 0.717) is 11.3 Å². The predicted molar refractivity (Wildman–Crippen MR) is 100 cm³/mol. The second-order valence-corrected chi connectivity index (χ2v) is 7.40. The number of nitrogens with one attached hydrogen (secondary N) is 1. The average Bonchev–Trinajstić information content (AvgIpc) is 2.53. The van der Waals surface area contributed by atoms with Gasteiger partial charge >= 0.3 is 5.97 Å². The molecule has 132 valence electrons. The molecular weight excluding hydrogens is 338 g/mol. The number of esters is 1. The van der Waals surface area contributed by atoms with Gasteiger partial charge in [-0.25, -0.2) is 13.2 Å². The van der Waals surface area contributed by atoms with Crippen LogP contribution in [0.5, 0.6) is 0 Å². The Morgan fingerprint density at radius 3 is 2.12 bits per heavy atom. The van der Waals surface area contributed by atoms with Crippen molar-refractivity contribution in [2.75, 3.05) is 11.8 Å². The van der Waals surface area contributed by atoms with Crippen molar-refractivity contribution in [3.63, 3.8) is 0 Å². The summed E-state index contributed by atoms with van der Waals surface area (Å²) >= 11 is 0. The van der Waals surface area contributed by atoms with Crippen molar-refractivity contribution in [1.82, 2.24) is 0 Å². The topological polar surface area (TPSA) is 72.5 Å². The minimum absolute atomic E-state index is 0.354. The van der Waals surface area contributed by atoms with Crippen LogP contribution in [-0.2, 0) is 14.8 Å². The Balaban J connectivity index is 2.18. The number of methoxy groups -OCH3 is 1. The first kappa shape index (κ1) is 18.7. The number of sulfonamides is 1. The Bertz CT molecular complexity index is 890. The first-order valence-corrected chi connectivity index (χ1v) is 9.23. The molecule has 2 rings (SSSR count). The summed E-state index contributed by atoms with van der Waals surface area (Å²) in [5, 5.41) is 1.14. The lowest BCUT2D eigenvalue weighted by Crippen LogP contribution is -2.09. The van der Waals surface area contributed by atoms with Gasteiger partial charge in [-0.15, -0.1) is 0 Å². The average molecular weight is 359 g/mol. The second-order valence-electron chi connectivity index (χ2n) is 5.83.